The first-order valence-corrected chi connectivity index (χ1v) is 7.23. The van der Waals surface area contributed by atoms with Gasteiger partial charge in [-0.25, -0.2) is 0 Å². The second-order valence-corrected chi connectivity index (χ2v) is 6.40. The van der Waals surface area contributed by atoms with Crippen LogP contribution in [0.25, 0.3) is 0 Å². The first-order valence-electron chi connectivity index (χ1n) is 5.62. The second kappa shape index (κ2) is 6.71. The van der Waals surface area contributed by atoms with Crippen LogP contribution in [0.1, 0.15) is 4.88 Å². The highest BCUT2D eigenvalue weighted by molar-refractivity contribution is 9.11. The van der Waals surface area contributed by atoms with Crippen LogP contribution in [0, 0.1) is 0 Å². The van der Waals surface area contributed by atoms with Crippen molar-refractivity contribution in [2.75, 3.05) is 32.8 Å². The fourth-order valence-corrected chi connectivity index (χ4v) is 3.19. The topological polar surface area (TPSA) is 33.3 Å². The zero-order valence-corrected chi connectivity index (χ0v) is 11.6. The van der Waals surface area contributed by atoms with Crippen molar-refractivity contribution in [3.8, 4) is 0 Å². The number of thiophene rings is 1. The molecule has 1 unspecified atom stereocenters. The molecule has 0 aliphatic carbocycles. The molecule has 1 aliphatic rings. The Morgan fingerprint density at radius 2 is 2.50 bits per heavy atom. The highest BCUT2D eigenvalue weighted by Gasteiger charge is 2.11. The van der Waals surface area contributed by atoms with Gasteiger partial charge in [0.15, 0.2) is 0 Å². The molecule has 2 heterocycles. The van der Waals surface area contributed by atoms with Gasteiger partial charge in [0.05, 0.1) is 16.5 Å². The molecule has 0 aromatic carbocycles. The Labute approximate surface area is 109 Å². The molecule has 3 nitrogen and oxygen atoms in total. The summed E-state index contributed by atoms with van der Waals surface area (Å²) in [6, 6.07) is 4.28. The van der Waals surface area contributed by atoms with Gasteiger partial charge >= 0.3 is 0 Å². The number of nitrogens with one attached hydrogen (secondary N) is 2. The highest BCUT2D eigenvalue weighted by atomic mass is 79.9. The van der Waals surface area contributed by atoms with E-state index in [-0.39, 0.29) is 0 Å². The summed E-state index contributed by atoms with van der Waals surface area (Å²) < 4.78 is 6.81. The molecule has 2 rings (SSSR count). The van der Waals surface area contributed by atoms with Crippen molar-refractivity contribution in [1.29, 1.82) is 0 Å². The first-order chi connectivity index (χ1) is 7.84. The molecule has 0 saturated carbocycles. The molecule has 1 saturated heterocycles. The first kappa shape index (κ1) is 12.5. The fraction of sp³-hybridized carbons (Fsp3) is 0.636. The van der Waals surface area contributed by atoms with Crippen molar-refractivity contribution >= 4 is 27.3 Å². The third kappa shape index (κ3) is 4.14. The van der Waals surface area contributed by atoms with Crippen LogP contribution in [0.5, 0.6) is 0 Å². The molecule has 1 aromatic rings. The Balaban J connectivity index is 1.57. The van der Waals surface area contributed by atoms with Crippen molar-refractivity contribution in [2.45, 2.75) is 12.5 Å². The quantitative estimate of drug-likeness (QED) is 0.811. The summed E-state index contributed by atoms with van der Waals surface area (Å²) in [5.74, 6) is 0. The van der Waals surface area contributed by atoms with Crippen molar-refractivity contribution in [1.82, 2.24) is 10.6 Å². The Bertz CT molecular complexity index is 313. The Hall–Kier alpha value is 0.0600. The van der Waals surface area contributed by atoms with Gasteiger partial charge in [0.1, 0.15) is 0 Å². The van der Waals surface area contributed by atoms with E-state index < -0.39 is 0 Å². The van der Waals surface area contributed by atoms with Crippen molar-refractivity contribution < 1.29 is 4.74 Å². The van der Waals surface area contributed by atoms with Crippen LogP contribution in [0.4, 0.5) is 0 Å². The van der Waals surface area contributed by atoms with Crippen LogP contribution >= 0.6 is 27.3 Å². The van der Waals surface area contributed by atoms with Gasteiger partial charge < -0.3 is 15.4 Å². The third-order valence-electron chi connectivity index (χ3n) is 2.55. The largest absolute Gasteiger partial charge is 0.374 e. The lowest BCUT2D eigenvalue weighted by Gasteiger charge is -2.23. The average molecular weight is 305 g/mol. The molecule has 1 aliphatic heterocycles. The maximum absolute atomic E-state index is 5.60. The number of hydrogen-bond acceptors (Lipinski definition) is 4. The minimum Gasteiger partial charge on any atom is -0.374 e. The number of morpholine rings is 1. The molecule has 0 amide bonds. The molecule has 2 N–H and O–H groups in total. The minimum absolute atomic E-state index is 0.337. The summed E-state index contributed by atoms with van der Waals surface area (Å²) in [5.41, 5.74) is 0. The van der Waals surface area contributed by atoms with Gasteiger partial charge in [-0.05, 0) is 34.5 Å². The summed E-state index contributed by atoms with van der Waals surface area (Å²) in [6.07, 6.45) is 1.43. The van der Waals surface area contributed by atoms with Gasteiger partial charge in [0, 0.05) is 31.1 Å². The van der Waals surface area contributed by atoms with Crippen LogP contribution in [-0.4, -0.2) is 38.9 Å². The lowest BCUT2D eigenvalue weighted by atomic mass is 10.3. The molecule has 0 radical (unpaired) electrons. The van der Waals surface area contributed by atoms with Crippen LogP contribution in [0.15, 0.2) is 15.9 Å². The SMILES string of the molecule is Brc1ccc(CCNCC2CNCCO2)s1. The molecular weight excluding hydrogens is 288 g/mol. The summed E-state index contributed by atoms with van der Waals surface area (Å²) in [6.45, 7) is 4.76. The lowest BCUT2D eigenvalue weighted by molar-refractivity contribution is 0.0294. The van der Waals surface area contributed by atoms with Crippen LogP contribution < -0.4 is 10.6 Å². The maximum Gasteiger partial charge on any atom is 0.0824 e. The third-order valence-corrected chi connectivity index (χ3v) is 4.24. The Morgan fingerprint density at radius 3 is 3.19 bits per heavy atom. The van der Waals surface area contributed by atoms with E-state index in [1.165, 1.54) is 8.66 Å². The number of halogens is 1. The molecule has 90 valence electrons. The average Bonchev–Trinajstić information content (AvgIpc) is 2.72. The lowest BCUT2D eigenvalue weighted by Crippen LogP contribution is -2.44. The van der Waals surface area contributed by atoms with E-state index in [9.17, 15) is 0 Å². The van der Waals surface area contributed by atoms with Gasteiger partial charge in [0.25, 0.3) is 0 Å². The van der Waals surface area contributed by atoms with Crippen molar-refractivity contribution in [3.05, 3.63) is 20.8 Å². The smallest absolute Gasteiger partial charge is 0.0824 e. The van der Waals surface area contributed by atoms with Gasteiger partial charge in [-0.15, -0.1) is 11.3 Å². The summed E-state index contributed by atoms with van der Waals surface area (Å²) in [7, 11) is 0. The van der Waals surface area contributed by atoms with E-state index in [1.807, 2.05) is 0 Å². The fourth-order valence-electron chi connectivity index (χ4n) is 1.71. The molecule has 1 aromatic heterocycles. The Morgan fingerprint density at radius 1 is 1.56 bits per heavy atom. The predicted octanol–water partition coefficient (Wildman–Crippen LogP) is 1.63. The van der Waals surface area contributed by atoms with Crippen LogP contribution in [0.3, 0.4) is 0 Å². The monoisotopic (exact) mass is 304 g/mol. The summed E-state index contributed by atoms with van der Waals surface area (Å²) >= 11 is 5.28. The van der Waals surface area contributed by atoms with Gasteiger partial charge in [-0.1, -0.05) is 0 Å². The zero-order valence-electron chi connectivity index (χ0n) is 9.17. The predicted molar refractivity (Wildman–Crippen MR) is 71.2 cm³/mol. The maximum atomic E-state index is 5.60. The molecular formula is C11H17BrN2OS. The van der Waals surface area contributed by atoms with Gasteiger partial charge in [-0.3, -0.25) is 0 Å². The zero-order chi connectivity index (χ0) is 11.2. The molecule has 5 heteroatoms. The van der Waals surface area contributed by atoms with Gasteiger partial charge in [-0.2, -0.15) is 0 Å². The second-order valence-electron chi connectivity index (χ2n) is 3.86. The van der Waals surface area contributed by atoms with E-state index in [2.05, 4.69) is 38.7 Å². The normalized spacial score (nSPS) is 21.2. The molecule has 0 spiro atoms. The molecule has 16 heavy (non-hydrogen) atoms. The minimum atomic E-state index is 0.337. The van der Waals surface area contributed by atoms with Crippen molar-refractivity contribution in [2.24, 2.45) is 0 Å². The number of hydrogen-bond donors (Lipinski definition) is 2. The highest BCUT2D eigenvalue weighted by Crippen LogP contribution is 2.21. The van der Waals surface area contributed by atoms with E-state index in [0.717, 1.165) is 39.2 Å². The molecule has 1 fully saturated rings. The van der Waals surface area contributed by atoms with Crippen LogP contribution in [-0.2, 0) is 11.2 Å². The summed E-state index contributed by atoms with van der Waals surface area (Å²) in [5, 5.41) is 6.77. The van der Waals surface area contributed by atoms with E-state index in [4.69, 9.17) is 4.74 Å². The number of ether oxygens (including phenoxy) is 1. The summed E-state index contributed by atoms with van der Waals surface area (Å²) in [4.78, 5) is 1.42. The Kier molecular flexibility index (Phi) is 5.25. The molecule has 0 bridgehead atoms. The van der Waals surface area contributed by atoms with Crippen molar-refractivity contribution in [3.63, 3.8) is 0 Å². The van der Waals surface area contributed by atoms with E-state index in [1.54, 1.807) is 11.3 Å². The molecule has 1 atom stereocenters. The standard InChI is InChI=1S/C11H17BrN2OS/c12-11-2-1-10(16-11)3-4-13-7-9-8-14-5-6-15-9/h1-2,9,13-14H,3-8H2. The number of rotatable bonds is 5. The van der Waals surface area contributed by atoms with E-state index in [0.29, 0.717) is 6.10 Å². The van der Waals surface area contributed by atoms with Gasteiger partial charge in [0.2, 0.25) is 0 Å². The van der Waals surface area contributed by atoms with Crippen LogP contribution in [0.2, 0.25) is 0 Å². The van der Waals surface area contributed by atoms with E-state index >= 15 is 0 Å².